The molecule has 6 unspecified atom stereocenters. The van der Waals surface area contributed by atoms with Crippen molar-refractivity contribution in [3.63, 3.8) is 0 Å². The second-order valence-corrected chi connectivity index (χ2v) is 19.9. The van der Waals surface area contributed by atoms with Crippen molar-refractivity contribution in [3.05, 3.63) is 36.5 Å². The molecule has 6 atom stereocenters. The molecule has 0 aromatic heterocycles. The number of carbonyl (C=O) groups excluding carboxylic acids is 3. The average Bonchev–Trinajstić information content (AvgIpc) is 3.35. The molecule has 1 rings (SSSR count). The van der Waals surface area contributed by atoms with Gasteiger partial charge in [0.2, 0.25) is 0 Å². The summed E-state index contributed by atoms with van der Waals surface area (Å²) < 4.78 is 28.4. The number of aliphatic hydroxyl groups is 2. The molecule has 0 radical (unpaired) electrons. The summed E-state index contributed by atoms with van der Waals surface area (Å²) in [5, 5.41) is 31.4. The Morgan fingerprint density at radius 3 is 1.35 bits per heavy atom. The number of ether oxygens (including phenoxy) is 5. The van der Waals surface area contributed by atoms with Crippen LogP contribution in [0.1, 0.15) is 265 Å². The summed E-state index contributed by atoms with van der Waals surface area (Å²) in [5.74, 6) is -3.13. The van der Waals surface area contributed by atoms with Gasteiger partial charge < -0.3 is 39.0 Å². The van der Waals surface area contributed by atoms with Crippen LogP contribution >= 0.6 is 0 Å². The first-order valence-electron chi connectivity index (χ1n) is 29.0. The van der Waals surface area contributed by atoms with Crippen LogP contribution in [0.2, 0.25) is 0 Å². The van der Waals surface area contributed by atoms with Crippen molar-refractivity contribution in [3.8, 4) is 0 Å². The maximum atomic E-state index is 13.1. The molecule has 0 aromatic rings. The van der Waals surface area contributed by atoms with Gasteiger partial charge in [0.15, 0.2) is 24.6 Å². The highest BCUT2D eigenvalue weighted by Crippen LogP contribution is 2.26. The van der Waals surface area contributed by atoms with E-state index in [1.807, 2.05) is 0 Å². The van der Waals surface area contributed by atoms with Crippen LogP contribution in [0.25, 0.3) is 0 Å². The molecule has 1 aliphatic rings. The number of allylic oxidation sites excluding steroid dienone is 6. The number of rotatable bonds is 49. The zero-order valence-electron chi connectivity index (χ0n) is 45.2. The third-order valence-corrected chi connectivity index (χ3v) is 13.2. The molecule has 0 spiro atoms. The summed E-state index contributed by atoms with van der Waals surface area (Å²) in [6.45, 7) is 5.91. The Hall–Kier alpha value is -3.06. The second-order valence-electron chi connectivity index (χ2n) is 19.9. The summed E-state index contributed by atoms with van der Waals surface area (Å²) >= 11 is 0. The summed E-state index contributed by atoms with van der Waals surface area (Å²) in [6.07, 6.45) is 42.6. The van der Waals surface area contributed by atoms with Gasteiger partial charge in [-0.15, -0.1) is 0 Å². The predicted molar refractivity (Wildman–Crippen MR) is 285 cm³/mol. The van der Waals surface area contributed by atoms with Gasteiger partial charge in [-0.05, 0) is 70.6 Å². The van der Waals surface area contributed by atoms with Crippen LogP contribution < -0.4 is 0 Å². The highest BCUT2D eigenvalue weighted by molar-refractivity contribution is 5.74. The van der Waals surface area contributed by atoms with Gasteiger partial charge in [-0.2, -0.15) is 0 Å². The fourth-order valence-electron chi connectivity index (χ4n) is 8.69. The predicted octanol–water partition coefficient (Wildman–Crippen LogP) is 14.5. The van der Waals surface area contributed by atoms with Crippen LogP contribution in [0.4, 0.5) is 0 Å². The van der Waals surface area contributed by atoms with Gasteiger partial charge in [0.1, 0.15) is 18.8 Å². The fourth-order valence-corrected chi connectivity index (χ4v) is 8.69. The maximum absolute atomic E-state index is 13.1. The lowest BCUT2D eigenvalue weighted by Crippen LogP contribution is -2.61. The van der Waals surface area contributed by atoms with Gasteiger partial charge in [-0.1, -0.05) is 211 Å². The molecule has 0 saturated carbocycles. The molecule has 1 saturated heterocycles. The highest BCUT2D eigenvalue weighted by atomic mass is 16.7. The van der Waals surface area contributed by atoms with Crippen LogP contribution in [0.15, 0.2) is 36.5 Å². The van der Waals surface area contributed by atoms with Crippen LogP contribution in [-0.2, 0) is 42.9 Å². The molecular weight excluding hydrogens is 901 g/mol. The van der Waals surface area contributed by atoms with E-state index in [1.54, 1.807) is 0 Å². The Morgan fingerprint density at radius 1 is 0.465 bits per heavy atom. The molecular formula is C59H104O12. The largest absolute Gasteiger partial charge is 0.479 e. The number of esters is 3. The summed E-state index contributed by atoms with van der Waals surface area (Å²) in [4.78, 5) is 51.0. The Morgan fingerprint density at radius 2 is 0.873 bits per heavy atom. The van der Waals surface area contributed by atoms with Crippen LogP contribution in [0.3, 0.4) is 0 Å². The number of hydrogen-bond donors (Lipinski definition) is 3. The Bertz CT molecular complexity index is 1380. The average molecular weight is 1010 g/mol. The van der Waals surface area contributed by atoms with Crippen LogP contribution in [0.5, 0.6) is 0 Å². The second kappa shape index (κ2) is 47.9. The van der Waals surface area contributed by atoms with E-state index >= 15 is 0 Å². The first kappa shape index (κ1) is 66.0. The maximum Gasteiger partial charge on any atom is 0.335 e. The zero-order valence-corrected chi connectivity index (χ0v) is 45.2. The SMILES string of the molecule is CCC/C=C\C/C=C\CCCCCCCC(=O)OC(COC(=O)CCCCCCCCCCCCCCCCC)COC1OC(C(=O)O)C(O)C(O)C1OC(=O)CCCCCCC/C=C\CCCCCC. The summed E-state index contributed by atoms with van der Waals surface area (Å²) in [7, 11) is 0. The molecule has 0 aliphatic carbocycles. The Kier molecular flexibility index (Phi) is 44.5. The zero-order chi connectivity index (χ0) is 51.8. The van der Waals surface area contributed by atoms with Gasteiger partial charge in [0, 0.05) is 19.3 Å². The molecule has 0 aromatic carbocycles. The van der Waals surface area contributed by atoms with Crippen molar-refractivity contribution in [2.45, 2.75) is 302 Å². The number of hydrogen-bond acceptors (Lipinski definition) is 11. The van der Waals surface area contributed by atoms with Crippen molar-refractivity contribution in [1.82, 2.24) is 0 Å². The first-order valence-corrected chi connectivity index (χ1v) is 29.0. The molecule has 412 valence electrons. The Balaban J connectivity index is 2.70. The van der Waals surface area contributed by atoms with Crippen molar-refractivity contribution in [1.29, 1.82) is 0 Å². The molecule has 0 bridgehead atoms. The fraction of sp³-hybridized carbons (Fsp3) is 0.831. The quantitative estimate of drug-likeness (QED) is 0.0228. The molecule has 12 heteroatoms. The number of aliphatic carboxylic acids is 1. The van der Waals surface area contributed by atoms with E-state index < -0.39 is 67.3 Å². The van der Waals surface area contributed by atoms with Gasteiger partial charge in [-0.25, -0.2) is 4.79 Å². The van der Waals surface area contributed by atoms with E-state index in [0.717, 1.165) is 109 Å². The van der Waals surface area contributed by atoms with Crippen LogP contribution in [-0.4, -0.2) is 89.2 Å². The molecule has 71 heavy (non-hydrogen) atoms. The standard InChI is InChI=1S/C59H104O12/c1-4-7-10-13-16-19-22-25-26-29-30-33-36-39-42-45-51(60)67-48-50(69-52(61)46-43-40-37-34-31-27-23-20-17-14-11-8-5-2)49-68-59-57(55(64)54(63)56(71-59)58(65)66)70-53(62)47-44-41-38-35-32-28-24-21-18-15-12-9-6-3/h11,14,20-21,23-24,50,54-57,59,63-64H,4-10,12-13,15-19,22,25-49H2,1-3H3,(H,65,66)/b14-11-,23-20-,24-21-. The van der Waals surface area contributed by atoms with E-state index in [9.17, 15) is 34.5 Å². The molecule has 1 heterocycles. The van der Waals surface area contributed by atoms with Gasteiger partial charge >= 0.3 is 23.9 Å². The highest BCUT2D eigenvalue weighted by Gasteiger charge is 2.50. The van der Waals surface area contributed by atoms with E-state index in [4.69, 9.17) is 23.7 Å². The molecule has 3 N–H and O–H groups in total. The molecule has 0 amide bonds. The minimum Gasteiger partial charge on any atom is -0.479 e. The first-order chi connectivity index (χ1) is 34.6. The van der Waals surface area contributed by atoms with Gasteiger partial charge in [0.25, 0.3) is 0 Å². The van der Waals surface area contributed by atoms with Crippen molar-refractivity contribution in [2.75, 3.05) is 13.2 Å². The van der Waals surface area contributed by atoms with Gasteiger partial charge in [0.05, 0.1) is 6.61 Å². The van der Waals surface area contributed by atoms with E-state index in [-0.39, 0.29) is 25.9 Å². The topological polar surface area (TPSA) is 175 Å². The van der Waals surface area contributed by atoms with E-state index in [2.05, 4.69) is 57.2 Å². The lowest BCUT2D eigenvalue weighted by Gasteiger charge is -2.40. The molecule has 1 aliphatic heterocycles. The lowest BCUT2D eigenvalue weighted by atomic mass is 9.98. The number of carbonyl (C=O) groups is 4. The minimum absolute atomic E-state index is 0.0513. The third kappa shape index (κ3) is 38.2. The van der Waals surface area contributed by atoms with Crippen molar-refractivity contribution >= 4 is 23.9 Å². The third-order valence-electron chi connectivity index (χ3n) is 13.2. The van der Waals surface area contributed by atoms with E-state index in [1.165, 1.54) is 96.3 Å². The number of aliphatic hydroxyl groups excluding tert-OH is 2. The van der Waals surface area contributed by atoms with Crippen molar-refractivity contribution < 1.29 is 58.2 Å². The van der Waals surface area contributed by atoms with Crippen molar-refractivity contribution in [2.24, 2.45) is 0 Å². The van der Waals surface area contributed by atoms with E-state index in [0.29, 0.717) is 19.3 Å². The van der Waals surface area contributed by atoms with Gasteiger partial charge in [-0.3, -0.25) is 14.4 Å². The number of unbranched alkanes of at least 4 members (excludes halogenated alkanes) is 29. The Labute approximate surface area is 431 Å². The summed E-state index contributed by atoms with van der Waals surface area (Å²) in [6, 6.07) is 0. The smallest absolute Gasteiger partial charge is 0.335 e. The van der Waals surface area contributed by atoms with Crippen LogP contribution in [0, 0.1) is 0 Å². The monoisotopic (exact) mass is 1000 g/mol. The number of carboxylic acid groups (broad SMARTS) is 1. The molecule has 12 nitrogen and oxygen atoms in total. The summed E-state index contributed by atoms with van der Waals surface area (Å²) in [5.41, 5.74) is 0. The minimum atomic E-state index is -1.90. The normalized spacial score (nSPS) is 18.7. The molecule has 1 fully saturated rings. The number of carboxylic acids is 1. The lowest BCUT2D eigenvalue weighted by molar-refractivity contribution is -0.301.